The molecule has 0 saturated carbocycles. The van der Waals surface area contributed by atoms with Crippen molar-refractivity contribution in [2.75, 3.05) is 7.05 Å². The van der Waals surface area contributed by atoms with Gasteiger partial charge in [-0.1, -0.05) is 24.3 Å². The molecule has 128 valence electrons. The third kappa shape index (κ3) is 4.09. The normalized spacial score (nSPS) is 10.1. The molecule has 2 aromatic rings. The summed E-state index contributed by atoms with van der Waals surface area (Å²) in [5.74, 6) is -0.394. The number of hydrogen-bond acceptors (Lipinski definition) is 5. The standard InChI is InChI=1S/C17H16N4O4/c1-12-5-3-4-6-13(12)9-19(2)16(22)11-20-10-15(21(24)25)7-14(8-18)17(20)23/h3-7,10H,9,11H2,1-2H3. The lowest BCUT2D eigenvalue weighted by molar-refractivity contribution is -0.385. The largest absolute Gasteiger partial charge is 0.340 e. The minimum atomic E-state index is -0.731. The molecule has 8 heteroatoms. The molecule has 0 N–H and O–H groups in total. The van der Waals surface area contributed by atoms with Gasteiger partial charge in [0.25, 0.3) is 11.2 Å². The van der Waals surface area contributed by atoms with E-state index >= 15 is 0 Å². The van der Waals surface area contributed by atoms with E-state index in [1.54, 1.807) is 13.1 Å². The van der Waals surface area contributed by atoms with E-state index in [9.17, 15) is 19.7 Å². The summed E-state index contributed by atoms with van der Waals surface area (Å²) in [7, 11) is 1.59. The Labute approximate surface area is 143 Å². The van der Waals surface area contributed by atoms with Crippen molar-refractivity contribution in [2.24, 2.45) is 0 Å². The van der Waals surface area contributed by atoms with Gasteiger partial charge in [-0.2, -0.15) is 5.26 Å². The topological polar surface area (TPSA) is 109 Å². The number of nitro groups is 1. The number of amides is 1. The second-order valence-electron chi connectivity index (χ2n) is 5.59. The van der Waals surface area contributed by atoms with Crippen LogP contribution >= 0.6 is 0 Å². The molecular weight excluding hydrogens is 324 g/mol. The number of likely N-dealkylation sites (N-methyl/N-ethyl adjacent to an activating group) is 1. The zero-order chi connectivity index (χ0) is 18.6. The first kappa shape index (κ1) is 17.9. The average molecular weight is 340 g/mol. The Bertz CT molecular complexity index is 927. The second kappa shape index (κ2) is 7.40. The van der Waals surface area contributed by atoms with Gasteiger partial charge in [0.2, 0.25) is 5.91 Å². The fourth-order valence-electron chi connectivity index (χ4n) is 2.31. The average Bonchev–Trinajstić information content (AvgIpc) is 2.58. The van der Waals surface area contributed by atoms with Crippen molar-refractivity contribution in [3.8, 4) is 6.07 Å². The predicted molar refractivity (Wildman–Crippen MR) is 89.7 cm³/mol. The maximum Gasteiger partial charge on any atom is 0.287 e. The lowest BCUT2D eigenvalue weighted by Crippen LogP contribution is -2.34. The molecule has 0 radical (unpaired) electrons. The van der Waals surface area contributed by atoms with E-state index in [2.05, 4.69) is 0 Å². The van der Waals surface area contributed by atoms with Gasteiger partial charge in [-0.25, -0.2) is 0 Å². The van der Waals surface area contributed by atoms with E-state index in [0.29, 0.717) is 6.54 Å². The summed E-state index contributed by atoms with van der Waals surface area (Å²) in [4.78, 5) is 36.1. The van der Waals surface area contributed by atoms with E-state index in [4.69, 9.17) is 5.26 Å². The summed E-state index contributed by atoms with van der Waals surface area (Å²) < 4.78 is 0.896. The number of nitrogens with zero attached hydrogens (tertiary/aromatic N) is 4. The first-order valence-electron chi connectivity index (χ1n) is 7.41. The molecule has 1 heterocycles. The Balaban J connectivity index is 2.24. The molecule has 25 heavy (non-hydrogen) atoms. The van der Waals surface area contributed by atoms with Crippen LogP contribution in [0.1, 0.15) is 16.7 Å². The number of nitriles is 1. The summed E-state index contributed by atoms with van der Waals surface area (Å²) in [5, 5.41) is 19.9. The summed E-state index contributed by atoms with van der Waals surface area (Å²) >= 11 is 0. The maximum atomic E-state index is 12.4. The Morgan fingerprint density at radius 2 is 2.08 bits per heavy atom. The summed E-state index contributed by atoms with van der Waals surface area (Å²) in [5.41, 5.74) is 0.476. The first-order valence-corrected chi connectivity index (χ1v) is 7.41. The molecule has 0 fully saturated rings. The van der Waals surface area contributed by atoms with Crippen molar-refractivity contribution >= 4 is 11.6 Å². The van der Waals surface area contributed by atoms with Crippen molar-refractivity contribution < 1.29 is 9.72 Å². The van der Waals surface area contributed by atoms with Crippen LogP contribution in [0.25, 0.3) is 0 Å². The zero-order valence-corrected chi connectivity index (χ0v) is 13.8. The number of carbonyl (C=O) groups is 1. The van der Waals surface area contributed by atoms with Gasteiger partial charge in [-0.15, -0.1) is 0 Å². The minimum Gasteiger partial charge on any atom is -0.340 e. The van der Waals surface area contributed by atoms with Crippen molar-refractivity contribution in [1.82, 2.24) is 9.47 Å². The number of hydrogen-bond donors (Lipinski definition) is 0. The molecule has 0 bridgehead atoms. The van der Waals surface area contributed by atoms with Crippen LogP contribution in [0, 0.1) is 28.4 Å². The summed E-state index contributed by atoms with van der Waals surface area (Å²) in [6, 6.07) is 10.1. The van der Waals surface area contributed by atoms with E-state index in [-0.39, 0.29) is 12.1 Å². The van der Waals surface area contributed by atoms with Gasteiger partial charge in [0.05, 0.1) is 11.1 Å². The van der Waals surface area contributed by atoms with Gasteiger partial charge in [0, 0.05) is 19.7 Å². The number of carbonyl (C=O) groups excluding carboxylic acids is 1. The van der Waals surface area contributed by atoms with Gasteiger partial charge in [-0.05, 0) is 18.1 Å². The van der Waals surface area contributed by atoms with E-state index in [0.717, 1.165) is 28.0 Å². The van der Waals surface area contributed by atoms with Crippen molar-refractivity contribution in [2.45, 2.75) is 20.0 Å². The first-order chi connectivity index (χ1) is 11.8. The molecule has 0 atom stereocenters. The van der Waals surface area contributed by atoms with Crippen LogP contribution in [-0.2, 0) is 17.9 Å². The molecule has 1 aromatic heterocycles. The molecule has 0 aliphatic heterocycles. The Morgan fingerprint density at radius 3 is 2.68 bits per heavy atom. The Hall–Kier alpha value is -3.47. The predicted octanol–water partition coefficient (Wildman–Crippen LogP) is 1.60. The third-order valence-corrected chi connectivity index (χ3v) is 3.80. The van der Waals surface area contributed by atoms with Gasteiger partial charge < -0.3 is 4.90 Å². The molecule has 1 aromatic carbocycles. The Morgan fingerprint density at radius 1 is 1.40 bits per heavy atom. The summed E-state index contributed by atoms with van der Waals surface area (Å²) in [6.07, 6.45) is 0.975. The number of pyridine rings is 1. The van der Waals surface area contributed by atoms with Crippen LogP contribution in [0.3, 0.4) is 0 Å². The van der Waals surface area contributed by atoms with Crippen molar-refractivity contribution in [3.63, 3.8) is 0 Å². The van der Waals surface area contributed by atoms with E-state index in [1.165, 1.54) is 4.90 Å². The van der Waals surface area contributed by atoms with Gasteiger partial charge in [0.15, 0.2) is 0 Å². The van der Waals surface area contributed by atoms with E-state index in [1.807, 2.05) is 31.2 Å². The minimum absolute atomic E-state index is 0.348. The van der Waals surface area contributed by atoms with Gasteiger partial charge >= 0.3 is 0 Å². The van der Waals surface area contributed by atoms with Crippen LogP contribution in [-0.4, -0.2) is 27.3 Å². The van der Waals surface area contributed by atoms with Gasteiger partial charge in [0.1, 0.15) is 18.2 Å². The molecular formula is C17H16N4O4. The zero-order valence-electron chi connectivity index (χ0n) is 13.8. The van der Waals surface area contributed by atoms with Crippen molar-refractivity contribution in [1.29, 1.82) is 5.26 Å². The fourth-order valence-corrected chi connectivity index (χ4v) is 2.31. The molecule has 0 spiro atoms. The lowest BCUT2D eigenvalue weighted by Gasteiger charge is -2.19. The van der Waals surface area contributed by atoms with Crippen LogP contribution in [0.4, 0.5) is 5.69 Å². The molecule has 1 amide bonds. The Kier molecular flexibility index (Phi) is 5.29. The molecule has 2 rings (SSSR count). The van der Waals surface area contributed by atoms with Crippen molar-refractivity contribution in [3.05, 3.63) is 73.7 Å². The van der Waals surface area contributed by atoms with Gasteiger partial charge in [-0.3, -0.25) is 24.3 Å². The number of aryl methyl sites for hydroxylation is 1. The SMILES string of the molecule is Cc1ccccc1CN(C)C(=O)Cn1cc([N+](=O)[O-])cc(C#N)c1=O. The maximum absolute atomic E-state index is 12.4. The number of rotatable bonds is 5. The highest BCUT2D eigenvalue weighted by Crippen LogP contribution is 2.12. The molecule has 0 aliphatic rings. The van der Waals surface area contributed by atoms with Crippen LogP contribution in [0.5, 0.6) is 0 Å². The lowest BCUT2D eigenvalue weighted by atomic mass is 10.1. The van der Waals surface area contributed by atoms with Crippen LogP contribution in [0.2, 0.25) is 0 Å². The van der Waals surface area contributed by atoms with E-state index < -0.39 is 22.1 Å². The number of benzene rings is 1. The molecule has 8 nitrogen and oxygen atoms in total. The van der Waals surface area contributed by atoms with Crippen LogP contribution < -0.4 is 5.56 Å². The highest BCUT2D eigenvalue weighted by atomic mass is 16.6. The van der Waals surface area contributed by atoms with Crippen LogP contribution in [0.15, 0.2) is 41.3 Å². The second-order valence-corrected chi connectivity index (χ2v) is 5.59. The smallest absolute Gasteiger partial charge is 0.287 e. The monoisotopic (exact) mass is 340 g/mol. The third-order valence-electron chi connectivity index (χ3n) is 3.80. The number of aromatic nitrogens is 1. The molecule has 0 unspecified atom stereocenters. The highest BCUT2D eigenvalue weighted by Gasteiger charge is 2.17. The fraction of sp³-hybridized carbons (Fsp3) is 0.235. The quantitative estimate of drug-likeness (QED) is 0.606. The highest BCUT2D eigenvalue weighted by molar-refractivity contribution is 5.75. The molecule has 0 aliphatic carbocycles. The molecule has 0 saturated heterocycles. The summed E-state index contributed by atoms with van der Waals surface area (Å²) in [6.45, 7) is 1.90.